The molecular weight excluding hydrogens is 304 g/mol. The quantitative estimate of drug-likeness (QED) is 0.783. The SMILES string of the molecule is COc1cc2nc(-c3cccs3)n(CC(=O)O)c2cc1OC. The highest BCUT2D eigenvalue weighted by atomic mass is 32.1. The molecule has 0 unspecified atom stereocenters. The van der Waals surface area contributed by atoms with Crippen LogP contribution in [-0.2, 0) is 11.3 Å². The number of carboxylic acid groups (broad SMARTS) is 1. The standard InChI is InChI=1S/C15H14N2O4S/c1-20-11-6-9-10(7-12(11)21-2)17(8-14(18)19)15(16-9)13-4-3-5-22-13/h3-7H,8H2,1-2H3,(H,18,19). The third kappa shape index (κ3) is 2.39. The third-order valence-electron chi connectivity index (χ3n) is 3.29. The van der Waals surface area contributed by atoms with Crippen LogP contribution in [0, 0.1) is 0 Å². The second-order valence-corrected chi connectivity index (χ2v) is 5.54. The number of nitrogens with zero attached hydrogens (tertiary/aromatic N) is 2. The first kappa shape index (κ1) is 14.4. The molecule has 0 radical (unpaired) electrons. The lowest BCUT2D eigenvalue weighted by Gasteiger charge is -2.08. The topological polar surface area (TPSA) is 73.6 Å². The summed E-state index contributed by atoms with van der Waals surface area (Å²) < 4.78 is 12.2. The zero-order valence-corrected chi connectivity index (χ0v) is 12.9. The monoisotopic (exact) mass is 318 g/mol. The lowest BCUT2D eigenvalue weighted by atomic mass is 10.2. The molecule has 0 fully saturated rings. The molecule has 0 atom stereocenters. The summed E-state index contributed by atoms with van der Waals surface area (Å²) in [6, 6.07) is 7.33. The molecule has 1 N–H and O–H groups in total. The van der Waals surface area contributed by atoms with E-state index in [0.29, 0.717) is 28.4 Å². The van der Waals surface area contributed by atoms with Crippen LogP contribution in [0.2, 0.25) is 0 Å². The number of fused-ring (bicyclic) bond motifs is 1. The van der Waals surface area contributed by atoms with Crippen molar-refractivity contribution in [2.24, 2.45) is 0 Å². The molecule has 0 amide bonds. The van der Waals surface area contributed by atoms with Gasteiger partial charge in [0.1, 0.15) is 6.54 Å². The highest BCUT2D eigenvalue weighted by Gasteiger charge is 2.18. The van der Waals surface area contributed by atoms with Gasteiger partial charge in [-0.3, -0.25) is 4.79 Å². The van der Waals surface area contributed by atoms with Gasteiger partial charge in [0, 0.05) is 12.1 Å². The van der Waals surface area contributed by atoms with E-state index in [1.54, 1.807) is 30.9 Å². The van der Waals surface area contributed by atoms with Gasteiger partial charge in [-0.1, -0.05) is 6.07 Å². The van der Waals surface area contributed by atoms with Crippen molar-refractivity contribution in [3.05, 3.63) is 29.6 Å². The van der Waals surface area contributed by atoms with Gasteiger partial charge in [-0.2, -0.15) is 0 Å². The van der Waals surface area contributed by atoms with Crippen molar-refractivity contribution in [2.45, 2.75) is 6.54 Å². The number of rotatable bonds is 5. The number of aromatic nitrogens is 2. The fraction of sp³-hybridized carbons (Fsp3) is 0.200. The fourth-order valence-electron chi connectivity index (χ4n) is 2.34. The maximum absolute atomic E-state index is 11.2. The molecule has 0 aliphatic heterocycles. The second-order valence-electron chi connectivity index (χ2n) is 4.59. The van der Waals surface area contributed by atoms with Gasteiger partial charge in [0.05, 0.1) is 30.1 Å². The second kappa shape index (κ2) is 5.69. The summed E-state index contributed by atoms with van der Waals surface area (Å²) in [6.07, 6.45) is 0. The molecule has 2 aromatic heterocycles. The molecule has 0 spiro atoms. The van der Waals surface area contributed by atoms with E-state index in [1.807, 2.05) is 17.5 Å². The molecule has 2 heterocycles. The summed E-state index contributed by atoms with van der Waals surface area (Å²) in [5.41, 5.74) is 1.37. The summed E-state index contributed by atoms with van der Waals surface area (Å²) in [5.74, 6) is 0.807. The third-order valence-corrected chi connectivity index (χ3v) is 4.15. The molecule has 0 saturated carbocycles. The molecule has 114 valence electrons. The summed E-state index contributed by atoms with van der Waals surface area (Å²) in [7, 11) is 3.10. The predicted molar refractivity (Wildman–Crippen MR) is 83.8 cm³/mol. The zero-order valence-electron chi connectivity index (χ0n) is 12.1. The predicted octanol–water partition coefficient (Wildman–Crippen LogP) is 2.87. The summed E-state index contributed by atoms with van der Waals surface area (Å²) in [6.45, 7) is -0.167. The van der Waals surface area contributed by atoms with Crippen LogP contribution < -0.4 is 9.47 Å². The van der Waals surface area contributed by atoms with Gasteiger partial charge < -0.3 is 19.1 Å². The maximum Gasteiger partial charge on any atom is 0.323 e. The average molecular weight is 318 g/mol. The van der Waals surface area contributed by atoms with Gasteiger partial charge >= 0.3 is 5.97 Å². The Kier molecular flexibility index (Phi) is 3.72. The number of hydrogen-bond acceptors (Lipinski definition) is 5. The number of thiophene rings is 1. The molecule has 7 heteroatoms. The van der Waals surface area contributed by atoms with Gasteiger partial charge in [-0.25, -0.2) is 4.98 Å². The Bertz CT molecular complexity index is 824. The van der Waals surface area contributed by atoms with Crippen molar-refractivity contribution in [3.63, 3.8) is 0 Å². The maximum atomic E-state index is 11.2. The first-order valence-corrected chi connectivity index (χ1v) is 7.40. The molecule has 0 bridgehead atoms. The Morgan fingerprint density at radius 2 is 2.05 bits per heavy atom. The van der Waals surface area contributed by atoms with Crippen LogP contribution in [0.3, 0.4) is 0 Å². The Morgan fingerprint density at radius 3 is 2.64 bits per heavy atom. The minimum absolute atomic E-state index is 0.167. The van der Waals surface area contributed by atoms with Crippen LogP contribution in [0.5, 0.6) is 11.5 Å². The number of benzene rings is 1. The van der Waals surface area contributed by atoms with Gasteiger partial charge in [0.15, 0.2) is 17.3 Å². The lowest BCUT2D eigenvalue weighted by molar-refractivity contribution is -0.137. The molecule has 0 aliphatic rings. The van der Waals surface area contributed by atoms with Crippen molar-refractivity contribution in [3.8, 4) is 22.2 Å². The Morgan fingerprint density at radius 1 is 1.32 bits per heavy atom. The van der Waals surface area contributed by atoms with Crippen LogP contribution >= 0.6 is 11.3 Å². The minimum Gasteiger partial charge on any atom is -0.493 e. The molecule has 22 heavy (non-hydrogen) atoms. The van der Waals surface area contributed by atoms with Gasteiger partial charge in [-0.05, 0) is 11.4 Å². The number of carboxylic acids is 1. The fourth-order valence-corrected chi connectivity index (χ4v) is 3.06. The van der Waals surface area contributed by atoms with Crippen LogP contribution in [0.4, 0.5) is 0 Å². The Labute approximate surface area is 130 Å². The molecule has 0 aliphatic carbocycles. The van der Waals surface area contributed by atoms with Crippen molar-refractivity contribution >= 4 is 28.3 Å². The van der Waals surface area contributed by atoms with E-state index >= 15 is 0 Å². The van der Waals surface area contributed by atoms with Crippen molar-refractivity contribution in [2.75, 3.05) is 14.2 Å². The highest BCUT2D eigenvalue weighted by Crippen LogP contribution is 2.35. The molecular formula is C15H14N2O4S. The van der Waals surface area contributed by atoms with Crippen molar-refractivity contribution in [1.82, 2.24) is 9.55 Å². The Balaban J connectivity index is 2.28. The number of hydrogen-bond donors (Lipinski definition) is 1. The molecule has 3 rings (SSSR count). The summed E-state index contributed by atoms with van der Waals surface area (Å²) in [4.78, 5) is 16.7. The largest absolute Gasteiger partial charge is 0.493 e. The normalized spacial score (nSPS) is 10.8. The summed E-state index contributed by atoms with van der Waals surface area (Å²) in [5, 5.41) is 11.1. The van der Waals surface area contributed by atoms with Gasteiger partial charge in [0.25, 0.3) is 0 Å². The van der Waals surface area contributed by atoms with Crippen LogP contribution in [0.1, 0.15) is 0 Å². The van der Waals surface area contributed by atoms with Crippen molar-refractivity contribution < 1.29 is 19.4 Å². The number of ether oxygens (including phenoxy) is 2. The van der Waals surface area contributed by atoms with E-state index in [-0.39, 0.29) is 6.54 Å². The van der Waals surface area contributed by atoms with E-state index in [9.17, 15) is 9.90 Å². The number of aliphatic carboxylic acids is 1. The van der Waals surface area contributed by atoms with E-state index in [0.717, 1.165) is 4.88 Å². The van der Waals surface area contributed by atoms with Gasteiger partial charge in [-0.15, -0.1) is 11.3 Å². The van der Waals surface area contributed by atoms with E-state index < -0.39 is 5.97 Å². The van der Waals surface area contributed by atoms with E-state index in [2.05, 4.69) is 4.98 Å². The molecule has 6 nitrogen and oxygen atoms in total. The first-order chi connectivity index (χ1) is 10.6. The van der Waals surface area contributed by atoms with Crippen molar-refractivity contribution in [1.29, 1.82) is 0 Å². The number of carbonyl (C=O) groups is 1. The minimum atomic E-state index is -0.924. The lowest BCUT2D eigenvalue weighted by Crippen LogP contribution is -2.09. The van der Waals surface area contributed by atoms with Gasteiger partial charge in [0.2, 0.25) is 0 Å². The highest BCUT2D eigenvalue weighted by molar-refractivity contribution is 7.13. The van der Waals surface area contributed by atoms with E-state index in [4.69, 9.17) is 9.47 Å². The summed E-state index contributed by atoms with van der Waals surface area (Å²) >= 11 is 1.51. The van der Waals surface area contributed by atoms with Crippen LogP contribution in [-0.4, -0.2) is 34.8 Å². The zero-order chi connectivity index (χ0) is 15.7. The van der Waals surface area contributed by atoms with Crippen LogP contribution in [0.15, 0.2) is 29.6 Å². The van der Waals surface area contributed by atoms with Crippen LogP contribution in [0.25, 0.3) is 21.7 Å². The first-order valence-electron chi connectivity index (χ1n) is 6.52. The Hall–Kier alpha value is -2.54. The van der Waals surface area contributed by atoms with E-state index in [1.165, 1.54) is 11.3 Å². The number of methoxy groups -OCH3 is 2. The molecule has 0 saturated heterocycles. The molecule has 3 aromatic rings. The molecule has 1 aromatic carbocycles. The average Bonchev–Trinajstić information content (AvgIpc) is 3.13. The number of imidazole rings is 1. The smallest absolute Gasteiger partial charge is 0.323 e.